The summed E-state index contributed by atoms with van der Waals surface area (Å²) in [5.74, 6) is -0.908. The molecule has 15 heavy (non-hydrogen) atoms. The van der Waals surface area contributed by atoms with Crippen molar-refractivity contribution in [2.24, 2.45) is 7.05 Å². The Bertz CT molecular complexity index is 457. The SMILES string of the molecule is Cn1ncc(N)c1NC(=O)CS(C)(=O)=O. The summed E-state index contributed by atoms with van der Waals surface area (Å²) in [7, 11) is -1.75. The summed E-state index contributed by atoms with van der Waals surface area (Å²) < 4.78 is 23.0. The maximum absolute atomic E-state index is 11.2. The van der Waals surface area contributed by atoms with Crippen LogP contribution in [0, 0.1) is 0 Å². The minimum Gasteiger partial charge on any atom is -0.394 e. The van der Waals surface area contributed by atoms with Crippen molar-refractivity contribution in [3.8, 4) is 0 Å². The quantitative estimate of drug-likeness (QED) is 0.694. The molecular weight excluding hydrogens is 220 g/mol. The van der Waals surface area contributed by atoms with Crippen LogP contribution in [0.4, 0.5) is 11.5 Å². The van der Waals surface area contributed by atoms with Crippen molar-refractivity contribution in [3.63, 3.8) is 0 Å². The lowest BCUT2D eigenvalue weighted by molar-refractivity contribution is -0.113. The molecule has 0 fully saturated rings. The van der Waals surface area contributed by atoms with E-state index in [4.69, 9.17) is 5.73 Å². The number of aryl methyl sites for hydroxylation is 1. The van der Waals surface area contributed by atoms with Gasteiger partial charge in [-0.1, -0.05) is 0 Å². The van der Waals surface area contributed by atoms with E-state index in [-0.39, 0.29) is 0 Å². The van der Waals surface area contributed by atoms with Gasteiger partial charge in [0, 0.05) is 13.3 Å². The second-order valence-electron chi connectivity index (χ2n) is 3.19. The summed E-state index contributed by atoms with van der Waals surface area (Å²) in [6, 6.07) is 0. The predicted molar refractivity (Wildman–Crippen MR) is 56.0 cm³/mol. The minimum absolute atomic E-state index is 0.291. The molecule has 1 rings (SSSR count). The third-order valence-electron chi connectivity index (χ3n) is 1.62. The molecule has 1 heterocycles. The Morgan fingerprint density at radius 2 is 2.27 bits per heavy atom. The van der Waals surface area contributed by atoms with Crippen LogP contribution in [0.15, 0.2) is 6.20 Å². The highest BCUT2D eigenvalue weighted by atomic mass is 32.2. The van der Waals surface area contributed by atoms with Gasteiger partial charge in [-0.2, -0.15) is 5.10 Å². The molecule has 0 aliphatic carbocycles. The van der Waals surface area contributed by atoms with Crippen LogP contribution in [-0.4, -0.2) is 36.1 Å². The van der Waals surface area contributed by atoms with Crippen LogP contribution in [-0.2, 0) is 21.7 Å². The third-order valence-corrected chi connectivity index (χ3v) is 2.40. The highest BCUT2D eigenvalue weighted by Crippen LogP contribution is 2.15. The fourth-order valence-corrected chi connectivity index (χ4v) is 1.56. The first-order valence-electron chi connectivity index (χ1n) is 4.04. The number of carbonyl (C=O) groups is 1. The predicted octanol–water partition coefficient (Wildman–Crippen LogP) is -1.01. The average molecular weight is 232 g/mol. The molecule has 1 amide bonds. The van der Waals surface area contributed by atoms with Crippen molar-refractivity contribution in [3.05, 3.63) is 6.20 Å². The lowest BCUT2D eigenvalue weighted by Gasteiger charge is -2.05. The van der Waals surface area contributed by atoms with E-state index in [1.807, 2.05) is 0 Å². The number of carbonyl (C=O) groups excluding carboxylic acids is 1. The van der Waals surface area contributed by atoms with Gasteiger partial charge in [-0.25, -0.2) is 8.42 Å². The largest absolute Gasteiger partial charge is 0.394 e. The van der Waals surface area contributed by atoms with Crippen molar-refractivity contribution < 1.29 is 13.2 Å². The van der Waals surface area contributed by atoms with E-state index in [1.54, 1.807) is 7.05 Å². The van der Waals surface area contributed by atoms with Gasteiger partial charge in [0.2, 0.25) is 5.91 Å². The van der Waals surface area contributed by atoms with Gasteiger partial charge >= 0.3 is 0 Å². The average Bonchev–Trinajstić information content (AvgIpc) is 2.32. The number of rotatable bonds is 3. The smallest absolute Gasteiger partial charge is 0.240 e. The Labute approximate surface area is 87.2 Å². The molecule has 84 valence electrons. The van der Waals surface area contributed by atoms with Crippen LogP contribution in [0.25, 0.3) is 0 Å². The summed E-state index contributed by atoms with van der Waals surface area (Å²) >= 11 is 0. The van der Waals surface area contributed by atoms with Crippen LogP contribution < -0.4 is 11.1 Å². The fourth-order valence-electron chi connectivity index (χ4n) is 1.01. The number of hydrogen-bond acceptors (Lipinski definition) is 5. The number of nitrogens with zero attached hydrogens (tertiary/aromatic N) is 2. The van der Waals surface area contributed by atoms with Crippen LogP contribution in [0.1, 0.15) is 0 Å². The van der Waals surface area contributed by atoms with Gasteiger partial charge in [0.05, 0.1) is 11.9 Å². The summed E-state index contributed by atoms with van der Waals surface area (Å²) in [6.07, 6.45) is 2.36. The first-order valence-corrected chi connectivity index (χ1v) is 6.10. The molecule has 0 atom stereocenters. The van der Waals surface area contributed by atoms with E-state index in [0.717, 1.165) is 6.26 Å². The maximum Gasteiger partial charge on any atom is 0.240 e. The van der Waals surface area contributed by atoms with Crippen LogP contribution in [0.2, 0.25) is 0 Å². The Morgan fingerprint density at radius 1 is 1.67 bits per heavy atom. The van der Waals surface area contributed by atoms with E-state index in [9.17, 15) is 13.2 Å². The molecule has 0 aromatic carbocycles. The Hall–Kier alpha value is -1.57. The van der Waals surface area contributed by atoms with E-state index in [1.165, 1.54) is 10.9 Å². The normalized spacial score (nSPS) is 11.3. The summed E-state index contributed by atoms with van der Waals surface area (Å²) in [4.78, 5) is 11.2. The first-order chi connectivity index (χ1) is 6.79. The lowest BCUT2D eigenvalue weighted by atomic mass is 10.5. The molecule has 0 radical (unpaired) electrons. The van der Waals surface area contributed by atoms with Crippen molar-refractivity contribution in [1.29, 1.82) is 0 Å². The molecule has 1 aromatic heterocycles. The van der Waals surface area contributed by atoms with Crippen molar-refractivity contribution in [1.82, 2.24) is 9.78 Å². The number of nitrogen functional groups attached to an aromatic ring is 1. The van der Waals surface area contributed by atoms with Crippen molar-refractivity contribution in [2.75, 3.05) is 23.1 Å². The van der Waals surface area contributed by atoms with Crippen LogP contribution in [0.5, 0.6) is 0 Å². The number of nitrogens with two attached hydrogens (primary N) is 1. The molecule has 0 bridgehead atoms. The summed E-state index contributed by atoms with van der Waals surface area (Å²) in [5.41, 5.74) is 5.80. The highest BCUT2D eigenvalue weighted by molar-refractivity contribution is 7.91. The zero-order valence-corrected chi connectivity index (χ0v) is 9.21. The van der Waals surface area contributed by atoms with Gasteiger partial charge < -0.3 is 11.1 Å². The van der Waals surface area contributed by atoms with Crippen molar-refractivity contribution in [2.45, 2.75) is 0 Å². The summed E-state index contributed by atoms with van der Waals surface area (Å²) in [5, 5.41) is 6.17. The minimum atomic E-state index is -3.33. The molecule has 0 saturated carbocycles. The van der Waals surface area contributed by atoms with E-state index >= 15 is 0 Å². The molecule has 0 saturated heterocycles. The number of aromatic nitrogens is 2. The maximum atomic E-state index is 11.2. The Kier molecular flexibility index (Phi) is 2.98. The monoisotopic (exact) mass is 232 g/mol. The van der Waals surface area contributed by atoms with Gasteiger partial charge in [0.15, 0.2) is 15.7 Å². The number of hydrogen-bond donors (Lipinski definition) is 2. The van der Waals surface area contributed by atoms with Gasteiger partial charge in [-0.3, -0.25) is 9.48 Å². The molecule has 0 unspecified atom stereocenters. The number of amides is 1. The van der Waals surface area contributed by atoms with Gasteiger partial charge in [0.25, 0.3) is 0 Å². The van der Waals surface area contributed by atoms with Crippen molar-refractivity contribution >= 4 is 27.2 Å². The van der Waals surface area contributed by atoms with E-state index in [0.29, 0.717) is 11.5 Å². The topological polar surface area (TPSA) is 107 Å². The first kappa shape index (κ1) is 11.5. The highest BCUT2D eigenvalue weighted by Gasteiger charge is 2.14. The molecular formula is C7H12N4O3S. The van der Waals surface area contributed by atoms with Crippen LogP contribution >= 0.6 is 0 Å². The summed E-state index contributed by atoms with van der Waals surface area (Å²) in [6.45, 7) is 0. The fraction of sp³-hybridized carbons (Fsp3) is 0.429. The molecule has 3 N–H and O–H groups in total. The van der Waals surface area contributed by atoms with E-state index < -0.39 is 21.5 Å². The zero-order valence-electron chi connectivity index (χ0n) is 8.39. The Balaban J connectivity index is 2.76. The molecule has 1 aromatic rings. The van der Waals surface area contributed by atoms with Gasteiger partial charge in [-0.05, 0) is 0 Å². The van der Waals surface area contributed by atoms with Crippen LogP contribution in [0.3, 0.4) is 0 Å². The molecule has 0 spiro atoms. The Morgan fingerprint density at radius 3 is 2.67 bits per heavy atom. The molecule has 0 aliphatic rings. The van der Waals surface area contributed by atoms with Gasteiger partial charge in [-0.15, -0.1) is 0 Å². The molecule has 7 nitrogen and oxygen atoms in total. The second kappa shape index (κ2) is 3.89. The molecule has 8 heteroatoms. The molecule has 0 aliphatic heterocycles. The number of anilines is 2. The van der Waals surface area contributed by atoms with Gasteiger partial charge in [0.1, 0.15) is 5.75 Å². The number of nitrogens with one attached hydrogen (secondary N) is 1. The zero-order chi connectivity index (χ0) is 11.6. The number of sulfone groups is 1. The van der Waals surface area contributed by atoms with E-state index in [2.05, 4.69) is 10.4 Å². The third kappa shape index (κ3) is 3.24. The second-order valence-corrected chi connectivity index (χ2v) is 5.33. The standard InChI is InChI=1S/C7H12N4O3S/c1-11-7(5(8)3-9-11)10-6(12)4-15(2,13)14/h3H,4,8H2,1-2H3,(H,10,12). The lowest BCUT2D eigenvalue weighted by Crippen LogP contribution is -2.23.